The van der Waals surface area contributed by atoms with Gasteiger partial charge in [0.2, 0.25) is 0 Å². The third kappa shape index (κ3) is 3.44. The lowest BCUT2D eigenvalue weighted by Gasteiger charge is -2.10. The van der Waals surface area contributed by atoms with E-state index in [1.165, 1.54) is 7.05 Å². The smallest absolute Gasteiger partial charge is 0.309 e. The molecule has 28 heavy (non-hydrogen) atoms. The third-order valence-corrected chi connectivity index (χ3v) is 4.89. The highest BCUT2D eigenvalue weighted by atomic mass is 79.9. The molecule has 0 spiro atoms. The molecule has 3 rings (SSSR count). The molecule has 0 bridgehead atoms. The predicted octanol–water partition coefficient (Wildman–Crippen LogP) is 3.09. The van der Waals surface area contributed by atoms with E-state index in [0.29, 0.717) is 23.4 Å². The lowest BCUT2D eigenvalue weighted by molar-refractivity contribution is 0.486. The average molecular weight is 457 g/mol. The fraction of sp³-hybridized carbons (Fsp3) is 0.278. The van der Waals surface area contributed by atoms with Crippen molar-refractivity contribution >= 4 is 27.1 Å². The normalized spacial score (nSPS) is 11.2. The molecule has 0 aliphatic carbocycles. The number of halogens is 4. The van der Waals surface area contributed by atoms with Crippen molar-refractivity contribution in [2.75, 3.05) is 0 Å². The minimum Gasteiger partial charge on any atom is -0.309 e. The zero-order valence-corrected chi connectivity index (χ0v) is 16.8. The van der Waals surface area contributed by atoms with Crippen LogP contribution in [0.25, 0.3) is 11.2 Å². The van der Waals surface area contributed by atoms with Gasteiger partial charge in [-0.05, 0) is 35.8 Å². The number of aryl methyl sites for hydroxylation is 1. The van der Waals surface area contributed by atoms with E-state index in [2.05, 4.69) is 20.9 Å². The molecular weight excluding hydrogens is 441 g/mol. The first kappa shape index (κ1) is 20.1. The number of nitrogens with zero attached hydrogens (tertiary/aromatic N) is 4. The van der Waals surface area contributed by atoms with Crippen LogP contribution in [0.1, 0.15) is 19.4 Å². The molecule has 0 saturated carbocycles. The Bertz CT molecular complexity index is 1240. The van der Waals surface area contributed by atoms with Crippen molar-refractivity contribution in [2.24, 2.45) is 7.05 Å². The highest BCUT2D eigenvalue weighted by Crippen LogP contribution is 2.18. The van der Waals surface area contributed by atoms with Gasteiger partial charge in [0.25, 0.3) is 5.56 Å². The van der Waals surface area contributed by atoms with Crippen molar-refractivity contribution < 1.29 is 13.2 Å². The maximum absolute atomic E-state index is 14.0. The van der Waals surface area contributed by atoms with Gasteiger partial charge in [0, 0.05) is 25.2 Å². The molecule has 0 fully saturated rings. The molecule has 148 valence electrons. The maximum Gasteiger partial charge on any atom is 0.332 e. The van der Waals surface area contributed by atoms with Crippen LogP contribution in [-0.2, 0) is 20.1 Å². The summed E-state index contributed by atoms with van der Waals surface area (Å²) >= 11 is 3.28. The number of hydrogen-bond acceptors (Lipinski definition) is 3. The lowest BCUT2D eigenvalue weighted by atomic mass is 10.2. The fourth-order valence-electron chi connectivity index (χ4n) is 2.78. The molecule has 0 aliphatic heterocycles. The number of hydrogen-bond donors (Lipinski definition) is 0. The van der Waals surface area contributed by atoms with Crippen molar-refractivity contribution in [3.05, 3.63) is 72.4 Å². The molecule has 0 unspecified atom stereocenters. The first-order valence-corrected chi connectivity index (χ1v) is 9.03. The fourth-order valence-corrected chi connectivity index (χ4v) is 3.27. The zero-order valence-electron chi connectivity index (χ0n) is 15.3. The van der Waals surface area contributed by atoms with Crippen LogP contribution in [0.15, 0.2) is 38.1 Å². The molecular formula is C18H16BrF3N4O2. The van der Waals surface area contributed by atoms with Gasteiger partial charge in [-0.25, -0.2) is 22.9 Å². The molecule has 2 heterocycles. The van der Waals surface area contributed by atoms with Crippen LogP contribution >= 0.6 is 15.9 Å². The molecule has 10 heteroatoms. The Hall–Kier alpha value is -2.62. The Morgan fingerprint density at radius 3 is 2.39 bits per heavy atom. The third-order valence-electron chi connectivity index (χ3n) is 4.29. The second kappa shape index (κ2) is 7.42. The second-order valence-corrected chi connectivity index (χ2v) is 7.25. The summed E-state index contributed by atoms with van der Waals surface area (Å²) in [6.45, 7) is 3.57. The summed E-state index contributed by atoms with van der Waals surface area (Å²) in [5, 5.41) is 0. The first-order chi connectivity index (χ1) is 13.1. The summed E-state index contributed by atoms with van der Waals surface area (Å²) in [7, 11) is 1.42. The SMILES string of the molecule is CC(C)=CCn1c(Br)nc2c1c(=O)n(Cc1cc(F)c(F)cc1F)c(=O)n2C. The van der Waals surface area contributed by atoms with E-state index in [4.69, 9.17) is 0 Å². The molecule has 0 amide bonds. The molecule has 0 N–H and O–H groups in total. The number of aromatic nitrogens is 4. The van der Waals surface area contributed by atoms with Crippen LogP contribution in [0.3, 0.4) is 0 Å². The van der Waals surface area contributed by atoms with Crippen LogP contribution in [0, 0.1) is 17.5 Å². The Morgan fingerprint density at radius 1 is 1.11 bits per heavy atom. The minimum atomic E-state index is -1.35. The Morgan fingerprint density at radius 2 is 1.75 bits per heavy atom. The topological polar surface area (TPSA) is 61.8 Å². The van der Waals surface area contributed by atoms with Crippen LogP contribution in [-0.4, -0.2) is 18.7 Å². The average Bonchev–Trinajstić information content (AvgIpc) is 2.95. The van der Waals surface area contributed by atoms with Crippen LogP contribution in [0.2, 0.25) is 0 Å². The van der Waals surface area contributed by atoms with Gasteiger partial charge in [0.1, 0.15) is 5.82 Å². The van der Waals surface area contributed by atoms with Crippen molar-refractivity contribution in [3.63, 3.8) is 0 Å². The van der Waals surface area contributed by atoms with Crippen LogP contribution < -0.4 is 11.2 Å². The Balaban J connectivity index is 2.26. The van der Waals surface area contributed by atoms with Gasteiger partial charge < -0.3 is 4.57 Å². The van der Waals surface area contributed by atoms with Crippen molar-refractivity contribution in [1.82, 2.24) is 18.7 Å². The van der Waals surface area contributed by atoms with Crippen molar-refractivity contribution in [2.45, 2.75) is 26.9 Å². The summed E-state index contributed by atoms with van der Waals surface area (Å²) in [6, 6.07) is 1.02. The summed E-state index contributed by atoms with van der Waals surface area (Å²) in [5.41, 5.74) is -0.460. The number of allylic oxidation sites excluding steroid dienone is 2. The Labute approximate surface area is 165 Å². The van der Waals surface area contributed by atoms with Gasteiger partial charge in [0.15, 0.2) is 27.5 Å². The standard InChI is InChI=1S/C18H16BrF3N4O2/c1-9(2)4-5-25-14-15(23-17(25)19)24(3)18(28)26(16(14)27)8-10-6-12(21)13(22)7-11(10)20/h4,6-7H,5,8H2,1-3H3. The molecule has 0 atom stereocenters. The van der Waals surface area contributed by atoms with E-state index in [0.717, 1.165) is 14.7 Å². The number of rotatable bonds is 4. The molecule has 2 aromatic heterocycles. The van der Waals surface area contributed by atoms with Gasteiger partial charge in [-0.15, -0.1) is 0 Å². The monoisotopic (exact) mass is 456 g/mol. The molecule has 3 aromatic rings. The van der Waals surface area contributed by atoms with E-state index in [1.807, 2.05) is 19.9 Å². The van der Waals surface area contributed by atoms with Gasteiger partial charge >= 0.3 is 5.69 Å². The van der Waals surface area contributed by atoms with Gasteiger partial charge in [0.05, 0.1) is 6.54 Å². The predicted molar refractivity (Wildman–Crippen MR) is 102 cm³/mol. The molecule has 6 nitrogen and oxygen atoms in total. The van der Waals surface area contributed by atoms with Gasteiger partial charge in [-0.1, -0.05) is 11.6 Å². The largest absolute Gasteiger partial charge is 0.332 e. The van der Waals surface area contributed by atoms with Crippen LogP contribution in [0.5, 0.6) is 0 Å². The van der Waals surface area contributed by atoms with E-state index in [-0.39, 0.29) is 16.7 Å². The van der Waals surface area contributed by atoms with E-state index in [1.54, 1.807) is 4.57 Å². The summed E-state index contributed by atoms with van der Waals surface area (Å²) in [4.78, 5) is 29.8. The number of imidazole rings is 1. The summed E-state index contributed by atoms with van der Waals surface area (Å²) in [5.74, 6) is -3.66. The minimum absolute atomic E-state index is 0.134. The van der Waals surface area contributed by atoms with E-state index >= 15 is 0 Å². The molecule has 0 radical (unpaired) electrons. The quantitative estimate of drug-likeness (QED) is 0.344. The zero-order chi connectivity index (χ0) is 20.7. The number of benzene rings is 1. The first-order valence-electron chi connectivity index (χ1n) is 8.24. The molecule has 0 saturated heterocycles. The van der Waals surface area contributed by atoms with E-state index < -0.39 is 35.2 Å². The number of fused-ring (bicyclic) bond motifs is 1. The van der Waals surface area contributed by atoms with E-state index in [9.17, 15) is 22.8 Å². The summed E-state index contributed by atoms with van der Waals surface area (Å²) in [6.07, 6.45) is 1.87. The molecule has 1 aromatic carbocycles. The Kier molecular flexibility index (Phi) is 5.33. The van der Waals surface area contributed by atoms with Gasteiger partial charge in [-0.3, -0.25) is 13.9 Å². The van der Waals surface area contributed by atoms with Crippen molar-refractivity contribution in [1.29, 1.82) is 0 Å². The van der Waals surface area contributed by atoms with Crippen LogP contribution in [0.4, 0.5) is 13.2 Å². The second-order valence-electron chi connectivity index (χ2n) is 6.54. The highest BCUT2D eigenvalue weighted by Gasteiger charge is 2.20. The highest BCUT2D eigenvalue weighted by molar-refractivity contribution is 9.10. The summed E-state index contributed by atoms with van der Waals surface area (Å²) < 4.78 is 44.5. The maximum atomic E-state index is 14.0. The van der Waals surface area contributed by atoms with Gasteiger partial charge in [-0.2, -0.15) is 0 Å². The van der Waals surface area contributed by atoms with Crippen molar-refractivity contribution in [3.8, 4) is 0 Å². The molecule has 0 aliphatic rings. The lowest BCUT2D eigenvalue weighted by Crippen LogP contribution is -2.40.